The van der Waals surface area contributed by atoms with Gasteiger partial charge in [-0.1, -0.05) is 25.1 Å². The summed E-state index contributed by atoms with van der Waals surface area (Å²) in [7, 11) is -3.26. The molecule has 0 aliphatic rings. The second-order valence-corrected chi connectivity index (χ2v) is 6.31. The molecule has 0 fully saturated rings. The molecule has 0 aromatic heterocycles. The number of rotatable bonds is 5. The zero-order chi connectivity index (χ0) is 14.7. The van der Waals surface area contributed by atoms with Crippen molar-refractivity contribution in [2.75, 3.05) is 12.8 Å². The van der Waals surface area contributed by atoms with Gasteiger partial charge >= 0.3 is 6.18 Å². The highest BCUT2D eigenvalue weighted by molar-refractivity contribution is 7.88. The highest BCUT2D eigenvalue weighted by atomic mass is 32.2. The van der Waals surface area contributed by atoms with Crippen LogP contribution in [0.25, 0.3) is 0 Å². The zero-order valence-corrected chi connectivity index (χ0v) is 11.5. The minimum Gasteiger partial charge on any atom is -0.215 e. The lowest BCUT2D eigenvalue weighted by atomic mass is 9.96. The van der Waals surface area contributed by atoms with E-state index in [1.807, 2.05) is 0 Å². The molecular formula is C12H16F3NO2S. The maximum Gasteiger partial charge on any atom is 0.416 e. The van der Waals surface area contributed by atoms with Crippen molar-refractivity contribution in [3.05, 3.63) is 35.4 Å². The first kappa shape index (κ1) is 16.0. The normalized spacial score (nSPS) is 14.4. The largest absolute Gasteiger partial charge is 0.416 e. The first-order valence-electron chi connectivity index (χ1n) is 5.71. The average Bonchev–Trinajstić information content (AvgIpc) is 2.26. The van der Waals surface area contributed by atoms with Crippen LogP contribution in [0.3, 0.4) is 0 Å². The maximum atomic E-state index is 12.5. The summed E-state index contributed by atoms with van der Waals surface area (Å²) in [4.78, 5) is 0. The van der Waals surface area contributed by atoms with Crippen LogP contribution in [0.15, 0.2) is 24.3 Å². The summed E-state index contributed by atoms with van der Waals surface area (Å²) in [5.41, 5.74) is -0.141. The summed E-state index contributed by atoms with van der Waals surface area (Å²) in [6.45, 7) is 1.97. The fraction of sp³-hybridized carbons (Fsp3) is 0.500. The van der Waals surface area contributed by atoms with E-state index in [2.05, 4.69) is 4.72 Å². The third kappa shape index (κ3) is 5.61. The minimum absolute atomic E-state index is 0.156. The third-order valence-electron chi connectivity index (χ3n) is 2.72. The lowest BCUT2D eigenvalue weighted by Gasteiger charge is -2.14. The summed E-state index contributed by atoms with van der Waals surface area (Å²) in [6, 6.07) is 5.09. The van der Waals surface area contributed by atoms with Crippen molar-refractivity contribution in [3.63, 3.8) is 0 Å². The quantitative estimate of drug-likeness (QED) is 0.908. The summed E-state index contributed by atoms with van der Waals surface area (Å²) in [5, 5.41) is 0. The maximum absolute atomic E-state index is 12.5. The number of hydrogen-bond donors (Lipinski definition) is 1. The number of nitrogens with one attached hydrogen (secondary N) is 1. The Kier molecular flexibility index (Phi) is 4.98. The molecule has 7 heteroatoms. The lowest BCUT2D eigenvalue weighted by molar-refractivity contribution is -0.137. The van der Waals surface area contributed by atoms with Crippen LogP contribution in [0.1, 0.15) is 30.4 Å². The number of hydrogen-bond acceptors (Lipinski definition) is 2. The third-order valence-corrected chi connectivity index (χ3v) is 3.45. The standard InChI is InChI=1S/C12H16F3NO2S/c1-9(6-7-16-19(2,17)18)10-4-3-5-11(8-10)12(13,14)15/h3-5,8-9,16H,6-7H2,1-2H3/t9-/m0/s1. The topological polar surface area (TPSA) is 46.2 Å². The van der Waals surface area contributed by atoms with Crippen LogP contribution in [-0.4, -0.2) is 21.2 Å². The van der Waals surface area contributed by atoms with Gasteiger partial charge in [-0.25, -0.2) is 13.1 Å². The number of alkyl halides is 3. The van der Waals surface area contributed by atoms with Crippen molar-refractivity contribution < 1.29 is 21.6 Å². The Morgan fingerprint density at radius 3 is 2.47 bits per heavy atom. The van der Waals surface area contributed by atoms with Gasteiger partial charge in [-0.15, -0.1) is 0 Å². The van der Waals surface area contributed by atoms with Crippen molar-refractivity contribution >= 4 is 10.0 Å². The van der Waals surface area contributed by atoms with Gasteiger partial charge in [0.25, 0.3) is 0 Å². The minimum atomic E-state index is -4.36. The van der Waals surface area contributed by atoms with Crippen molar-refractivity contribution in [1.29, 1.82) is 0 Å². The van der Waals surface area contributed by atoms with E-state index in [0.29, 0.717) is 12.0 Å². The summed E-state index contributed by atoms with van der Waals surface area (Å²) >= 11 is 0. The molecule has 1 N–H and O–H groups in total. The molecule has 3 nitrogen and oxygen atoms in total. The molecule has 0 aliphatic heterocycles. The predicted molar refractivity (Wildman–Crippen MR) is 67.3 cm³/mol. The van der Waals surface area contributed by atoms with Gasteiger partial charge in [-0.3, -0.25) is 0 Å². The lowest BCUT2D eigenvalue weighted by Crippen LogP contribution is -2.24. The number of benzene rings is 1. The van der Waals surface area contributed by atoms with Crippen LogP contribution in [0.5, 0.6) is 0 Å². The van der Waals surface area contributed by atoms with E-state index < -0.39 is 21.8 Å². The van der Waals surface area contributed by atoms with E-state index in [-0.39, 0.29) is 12.5 Å². The summed E-state index contributed by atoms with van der Waals surface area (Å²) in [5.74, 6) is -0.156. The van der Waals surface area contributed by atoms with E-state index in [4.69, 9.17) is 0 Å². The van der Waals surface area contributed by atoms with Gasteiger partial charge in [0, 0.05) is 6.54 Å². The molecule has 0 spiro atoms. The van der Waals surface area contributed by atoms with Gasteiger partial charge in [-0.2, -0.15) is 13.2 Å². The molecule has 0 aliphatic carbocycles. The van der Waals surface area contributed by atoms with Gasteiger partial charge in [0.1, 0.15) is 0 Å². The molecular weight excluding hydrogens is 279 g/mol. The van der Waals surface area contributed by atoms with Gasteiger partial charge in [0.2, 0.25) is 10.0 Å². The molecule has 0 saturated heterocycles. The van der Waals surface area contributed by atoms with Crippen LogP contribution in [-0.2, 0) is 16.2 Å². The van der Waals surface area contributed by atoms with E-state index in [9.17, 15) is 21.6 Å². The van der Waals surface area contributed by atoms with Crippen molar-refractivity contribution in [2.45, 2.75) is 25.4 Å². The second kappa shape index (κ2) is 5.92. The highest BCUT2D eigenvalue weighted by Gasteiger charge is 2.30. The van der Waals surface area contributed by atoms with E-state index in [0.717, 1.165) is 18.4 Å². The Bertz CT molecular complexity index is 526. The van der Waals surface area contributed by atoms with Crippen LogP contribution < -0.4 is 4.72 Å². The van der Waals surface area contributed by atoms with Crippen LogP contribution >= 0.6 is 0 Å². The first-order chi connectivity index (χ1) is 8.59. The SMILES string of the molecule is C[C@@H](CCNS(C)(=O)=O)c1cccc(C(F)(F)F)c1. The molecule has 0 amide bonds. The van der Waals surface area contributed by atoms with Gasteiger partial charge in [0.15, 0.2) is 0 Å². The van der Waals surface area contributed by atoms with Gasteiger partial charge in [0.05, 0.1) is 11.8 Å². The monoisotopic (exact) mass is 295 g/mol. The highest BCUT2D eigenvalue weighted by Crippen LogP contribution is 2.31. The summed E-state index contributed by atoms with van der Waals surface area (Å²) in [6.07, 6.45) is -2.88. The molecule has 0 bridgehead atoms. The molecule has 0 saturated carbocycles. The molecule has 1 aromatic rings. The fourth-order valence-electron chi connectivity index (χ4n) is 1.65. The Morgan fingerprint density at radius 1 is 1.32 bits per heavy atom. The Hall–Kier alpha value is -1.08. The summed E-state index contributed by atoms with van der Waals surface area (Å²) < 4.78 is 61.7. The number of sulfonamides is 1. The molecule has 19 heavy (non-hydrogen) atoms. The van der Waals surface area contributed by atoms with Crippen molar-refractivity contribution in [3.8, 4) is 0 Å². The fourth-order valence-corrected chi connectivity index (χ4v) is 2.14. The van der Waals surface area contributed by atoms with Gasteiger partial charge < -0.3 is 0 Å². The second-order valence-electron chi connectivity index (χ2n) is 4.48. The first-order valence-corrected chi connectivity index (χ1v) is 7.60. The Balaban J connectivity index is 2.70. The molecule has 0 unspecified atom stereocenters. The van der Waals surface area contributed by atoms with Crippen molar-refractivity contribution in [1.82, 2.24) is 4.72 Å². The molecule has 0 heterocycles. The van der Waals surface area contributed by atoms with Crippen LogP contribution in [0.2, 0.25) is 0 Å². The Labute approximate surface area is 110 Å². The average molecular weight is 295 g/mol. The van der Waals surface area contributed by atoms with Crippen LogP contribution in [0, 0.1) is 0 Å². The van der Waals surface area contributed by atoms with Crippen LogP contribution in [0.4, 0.5) is 13.2 Å². The van der Waals surface area contributed by atoms with E-state index >= 15 is 0 Å². The molecule has 1 aromatic carbocycles. The molecule has 108 valence electrons. The smallest absolute Gasteiger partial charge is 0.215 e. The molecule has 1 rings (SSSR count). The van der Waals surface area contributed by atoms with E-state index in [1.54, 1.807) is 13.0 Å². The zero-order valence-electron chi connectivity index (χ0n) is 10.7. The Morgan fingerprint density at radius 2 is 1.95 bits per heavy atom. The predicted octanol–water partition coefficient (Wildman–Crippen LogP) is 2.75. The number of halogens is 3. The van der Waals surface area contributed by atoms with Crippen molar-refractivity contribution in [2.24, 2.45) is 0 Å². The molecule has 0 radical (unpaired) electrons. The van der Waals surface area contributed by atoms with Gasteiger partial charge in [-0.05, 0) is 24.0 Å². The van der Waals surface area contributed by atoms with E-state index in [1.165, 1.54) is 6.07 Å². The molecule has 1 atom stereocenters.